The van der Waals surface area contributed by atoms with Crippen LogP contribution in [-0.2, 0) is 9.59 Å². The number of aryl methyl sites for hydroxylation is 2. The quantitative estimate of drug-likeness (QED) is 0.260. The van der Waals surface area contributed by atoms with Crippen LogP contribution < -0.4 is 14.4 Å². The Bertz CT molecular complexity index is 1330. The highest BCUT2D eigenvalue weighted by Gasteiger charge is 2.47. The molecule has 1 unspecified atom stereocenters. The van der Waals surface area contributed by atoms with Crippen molar-refractivity contribution in [3.05, 3.63) is 93.5 Å². The molecule has 0 aromatic heterocycles. The predicted molar refractivity (Wildman–Crippen MR) is 136 cm³/mol. The summed E-state index contributed by atoms with van der Waals surface area (Å²) in [5, 5.41) is 11.8. The molecule has 3 aromatic rings. The lowest BCUT2D eigenvalue weighted by Gasteiger charge is -2.26. The Morgan fingerprint density at radius 3 is 2.31 bits per heavy atom. The maximum atomic E-state index is 13.3. The van der Waals surface area contributed by atoms with Gasteiger partial charge in [-0.15, -0.1) is 0 Å². The van der Waals surface area contributed by atoms with Crippen molar-refractivity contribution in [2.45, 2.75) is 26.8 Å². The van der Waals surface area contributed by atoms with Crippen LogP contribution in [0.5, 0.6) is 11.5 Å². The number of amides is 1. The average Bonchev–Trinajstić information content (AvgIpc) is 3.12. The fourth-order valence-corrected chi connectivity index (χ4v) is 4.38. The van der Waals surface area contributed by atoms with Crippen LogP contribution in [-0.4, -0.2) is 30.5 Å². The molecular formula is C28H26ClNO5. The number of aliphatic hydroxyl groups is 1. The van der Waals surface area contributed by atoms with Crippen LogP contribution in [0, 0.1) is 13.8 Å². The molecule has 1 atom stereocenters. The van der Waals surface area contributed by atoms with Crippen LogP contribution in [0.25, 0.3) is 5.76 Å². The fourth-order valence-electron chi connectivity index (χ4n) is 4.20. The van der Waals surface area contributed by atoms with Crippen LogP contribution in [0.2, 0.25) is 5.02 Å². The number of anilines is 1. The summed E-state index contributed by atoms with van der Waals surface area (Å²) in [7, 11) is 1.56. The molecule has 180 valence electrons. The molecule has 3 aromatic carbocycles. The first-order valence-electron chi connectivity index (χ1n) is 11.2. The van der Waals surface area contributed by atoms with Gasteiger partial charge in [-0.25, -0.2) is 0 Å². The minimum atomic E-state index is -0.855. The van der Waals surface area contributed by atoms with E-state index in [1.165, 1.54) is 4.90 Å². The van der Waals surface area contributed by atoms with E-state index in [9.17, 15) is 14.7 Å². The summed E-state index contributed by atoms with van der Waals surface area (Å²) < 4.78 is 10.9. The van der Waals surface area contributed by atoms with Crippen molar-refractivity contribution in [2.75, 3.05) is 18.6 Å². The van der Waals surface area contributed by atoms with Crippen molar-refractivity contribution in [1.29, 1.82) is 0 Å². The molecule has 1 saturated heterocycles. The molecule has 1 fully saturated rings. The number of benzene rings is 3. The average molecular weight is 492 g/mol. The highest BCUT2D eigenvalue weighted by Crippen LogP contribution is 2.43. The molecule has 1 aliphatic heterocycles. The standard InChI is InChI=1S/C28H26ClNO5/c1-5-35-23-13-9-19(14-17(23)3)26(31)24-25(18-7-11-21(34-4)12-8-18)30(28(33)27(24)32)20-10-6-16(2)22(29)15-20/h6-15,25,31H,5H2,1-4H3/b26-24+. The lowest BCUT2D eigenvalue weighted by Crippen LogP contribution is -2.29. The molecule has 6 nitrogen and oxygen atoms in total. The van der Waals surface area contributed by atoms with Gasteiger partial charge in [-0.05, 0) is 79.9 Å². The topological polar surface area (TPSA) is 76.1 Å². The fraction of sp³-hybridized carbons (Fsp3) is 0.214. The van der Waals surface area contributed by atoms with Crippen LogP contribution in [0.1, 0.15) is 35.2 Å². The van der Waals surface area contributed by atoms with Gasteiger partial charge < -0.3 is 14.6 Å². The van der Waals surface area contributed by atoms with Gasteiger partial charge in [0.15, 0.2) is 0 Å². The smallest absolute Gasteiger partial charge is 0.300 e. The molecule has 1 N–H and O–H groups in total. The van der Waals surface area contributed by atoms with Crippen molar-refractivity contribution < 1.29 is 24.2 Å². The van der Waals surface area contributed by atoms with Crippen molar-refractivity contribution >= 4 is 34.7 Å². The molecule has 0 bridgehead atoms. The lowest BCUT2D eigenvalue weighted by atomic mass is 9.94. The molecule has 1 heterocycles. The first-order chi connectivity index (χ1) is 16.8. The van der Waals surface area contributed by atoms with Gasteiger partial charge in [-0.3, -0.25) is 14.5 Å². The number of halogens is 1. The van der Waals surface area contributed by atoms with Crippen LogP contribution >= 0.6 is 11.6 Å². The third-order valence-electron chi connectivity index (χ3n) is 6.06. The third-order valence-corrected chi connectivity index (χ3v) is 6.46. The van der Waals surface area contributed by atoms with E-state index < -0.39 is 17.7 Å². The van der Waals surface area contributed by atoms with E-state index in [0.717, 1.165) is 11.1 Å². The zero-order chi connectivity index (χ0) is 25.3. The Kier molecular flexibility index (Phi) is 6.85. The highest BCUT2D eigenvalue weighted by atomic mass is 35.5. The number of nitrogens with zero attached hydrogens (tertiary/aromatic N) is 1. The number of hydrogen-bond donors (Lipinski definition) is 1. The monoisotopic (exact) mass is 491 g/mol. The Labute approximate surface area is 209 Å². The number of methoxy groups -OCH3 is 1. The maximum Gasteiger partial charge on any atom is 0.300 e. The number of Topliss-reactive ketones (excluding diaryl/α,β-unsaturated/α-hetero) is 1. The molecule has 7 heteroatoms. The zero-order valence-electron chi connectivity index (χ0n) is 20.0. The summed E-state index contributed by atoms with van der Waals surface area (Å²) in [5.74, 6) is -0.450. The van der Waals surface area contributed by atoms with Gasteiger partial charge in [0, 0.05) is 16.3 Å². The Morgan fingerprint density at radius 1 is 1.00 bits per heavy atom. The second-order valence-corrected chi connectivity index (χ2v) is 8.70. The van der Waals surface area contributed by atoms with Crippen LogP contribution in [0.3, 0.4) is 0 Å². The number of carbonyl (C=O) groups is 2. The summed E-state index contributed by atoms with van der Waals surface area (Å²) in [6, 6.07) is 16.5. The van der Waals surface area contributed by atoms with Crippen molar-refractivity contribution in [3.8, 4) is 11.5 Å². The minimum Gasteiger partial charge on any atom is -0.507 e. The van der Waals surface area contributed by atoms with Crippen molar-refractivity contribution in [1.82, 2.24) is 0 Å². The van der Waals surface area contributed by atoms with Crippen LogP contribution in [0.15, 0.2) is 66.2 Å². The second-order valence-electron chi connectivity index (χ2n) is 8.29. The third kappa shape index (κ3) is 4.49. The van der Waals surface area contributed by atoms with Gasteiger partial charge in [0.25, 0.3) is 11.7 Å². The van der Waals surface area contributed by atoms with Gasteiger partial charge in [0.05, 0.1) is 25.3 Å². The molecule has 0 spiro atoms. The lowest BCUT2D eigenvalue weighted by molar-refractivity contribution is -0.132. The van der Waals surface area contributed by atoms with E-state index in [4.69, 9.17) is 21.1 Å². The minimum absolute atomic E-state index is 0.000393. The molecular weight excluding hydrogens is 466 g/mol. The maximum absolute atomic E-state index is 13.3. The zero-order valence-corrected chi connectivity index (χ0v) is 20.7. The summed E-state index contributed by atoms with van der Waals surface area (Å²) in [6.07, 6.45) is 0. The van der Waals surface area contributed by atoms with Gasteiger partial charge in [-0.2, -0.15) is 0 Å². The molecule has 35 heavy (non-hydrogen) atoms. The number of ether oxygens (including phenoxy) is 2. The largest absolute Gasteiger partial charge is 0.507 e. The van der Waals surface area contributed by atoms with E-state index in [1.54, 1.807) is 67.8 Å². The SMILES string of the molecule is CCOc1ccc(/C(O)=C2\C(=O)C(=O)N(c3ccc(C)c(Cl)c3)C2c2ccc(OC)cc2)cc1C. The van der Waals surface area contributed by atoms with Gasteiger partial charge in [-0.1, -0.05) is 29.8 Å². The molecule has 1 amide bonds. The van der Waals surface area contributed by atoms with Crippen molar-refractivity contribution in [3.63, 3.8) is 0 Å². The van der Waals surface area contributed by atoms with E-state index in [0.29, 0.717) is 39.9 Å². The van der Waals surface area contributed by atoms with E-state index >= 15 is 0 Å². The Balaban J connectivity index is 1.91. The van der Waals surface area contributed by atoms with Gasteiger partial charge in [0.1, 0.15) is 17.3 Å². The van der Waals surface area contributed by atoms with Crippen molar-refractivity contribution in [2.24, 2.45) is 0 Å². The summed E-state index contributed by atoms with van der Waals surface area (Å²) in [5.41, 5.74) is 3.18. The summed E-state index contributed by atoms with van der Waals surface area (Å²) >= 11 is 6.35. The second kappa shape index (κ2) is 9.84. The Hall–Kier alpha value is -3.77. The Morgan fingerprint density at radius 2 is 1.71 bits per heavy atom. The number of carbonyl (C=O) groups excluding carboxylic acids is 2. The highest BCUT2D eigenvalue weighted by molar-refractivity contribution is 6.51. The van der Waals surface area contributed by atoms with E-state index in [-0.39, 0.29) is 11.3 Å². The number of rotatable bonds is 6. The van der Waals surface area contributed by atoms with Gasteiger partial charge in [0.2, 0.25) is 0 Å². The van der Waals surface area contributed by atoms with E-state index in [1.807, 2.05) is 20.8 Å². The number of ketones is 1. The van der Waals surface area contributed by atoms with Crippen LogP contribution in [0.4, 0.5) is 5.69 Å². The number of aliphatic hydroxyl groups excluding tert-OH is 1. The first-order valence-corrected chi connectivity index (χ1v) is 11.6. The molecule has 0 saturated carbocycles. The molecule has 1 aliphatic rings. The molecule has 4 rings (SSSR count). The molecule has 0 aliphatic carbocycles. The summed E-state index contributed by atoms with van der Waals surface area (Å²) in [6.45, 7) is 6.11. The van der Waals surface area contributed by atoms with Gasteiger partial charge >= 0.3 is 0 Å². The molecule has 0 radical (unpaired) electrons. The first kappa shape index (κ1) is 24.4. The number of hydrogen-bond acceptors (Lipinski definition) is 5. The summed E-state index contributed by atoms with van der Waals surface area (Å²) in [4.78, 5) is 28.0. The predicted octanol–water partition coefficient (Wildman–Crippen LogP) is 5.99. The normalized spacial score (nSPS) is 17.1. The van der Waals surface area contributed by atoms with E-state index in [2.05, 4.69) is 0 Å².